The number of sulfonamides is 1. The first-order valence-corrected chi connectivity index (χ1v) is 7.86. The van der Waals surface area contributed by atoms with E-state index in [4.69, 9.17) is 14.6 Å². The lowest BCUT2D eigenvalue weighted by Crippen LogP contribution is -2.34. The highest BCUT2D eigenvalue weighted by atomic mass is 32.2. The standard InChI is InChI=1S/C13H17NO6S/c1-9(13(15)16)8-14(2)21(17,18)11-5-3-4-10-12(11)20-7-6-19-10/h3-5,9H,6-8H2,1-2H3,(H,15,16). The van der Waals surface area contributed by atoms with Crippen molar-refractivity contribution in [3.05, 3.63) is 18.2 Å². The Kier molecular flexibility index (Phi) is 4.38. The molecule has 0 saturated carbocycles. The molecule has 21 heavy (non-hydrogen) atoms. The molecule has 1 aliphatic heterocycles. The van der Waals surface area contributed by atoms with E-state index in [1.807, 2.05) is 0 Å². The predicted molar refractivity (Wildman–Crippen MR) is 74.0 cm³/mol. The van der Waals surface area contributed by atoms with Crippen LogP contribution in [-0.4, -0.2) is 50.6 Å². The summed E-state index contributed by atoms with van der Waals surface area (Å²) in [5.74, 6) is -1.30. The number of nitrogens with zero attached hydrogens (tertiary/aromatic N) is 1. The van der Waals surface area contributed by atoms with Gasteiger partial charge in [0.15, 0.2) is 11.5 Å². The molecule has 0 radical (unpaired) electrons. The van der Waals surface area contributed by atoms with Crippen LogP contribution < -0.4 is 9.47 Å². The number of para-hydroxylation sites is 1. The monoisotopic (exact) mass is 315 g/mol. The van der Waals surface area contributed by atoms with Gasteiger partial charge in [-0.1, -0.05) is 13.0 Å². The largest absolute Gasteiger partial charge is 0.486 e. The van der Waals surface area contributed by atoms with E-state index in [1.54, 1.807) is 12.1 Å². The number of rotatable bonds is 5. The van der Waals surface area contributed by atoms with Crippen LogP contribution in [0.2, 0.25) is 0 Å². The number of hydrogen-bond acceptors (Lipinski definition) is 5. The van der Waals surface area contributed by atoms with E-state index in [2.05, 4.69) is 0 Å². The van der Waals surface area contributed by atoms with Crippen LogP contribution in [0.15, 0.2) is 23.1 Å². The van der Waals surface area contributed by atoms with E-state index in [-0.39, 0.29) is 23.8 Å². The van der Waals surface area contributed by atoms with Gasteiger partial charge in [0.1, 0.15) is 18.1 Å². The molecule has 1 aliphatic rings. The minimum absolute atomic E-state index is 0.0141. The van der Waals surface area contributed by atoms with E-state index < -0.39 is 21.9 Å². The molecule has 2 rings (SSSR count). The van der Waals surface area contributed by atoms with Gasteiger partial charge in [0.25, 0.3) is 0 Å². The Morgan fingerprint density at radius 3 is 2.71 bits per heavy atom. The summed E-state index contributed by atoms with van der Waals surface area (Å²) in [5.41, 5.74) is 0. The molecule has 1 heterocycles. The fourth-order valence-corrected chi connectivity index (χ4v) is 3.38. The van der Waals surface area contributed by atoms with Crippen molar-refractivity contribution in [2.75, 3.05) is 26.8 Å². The lowest BCUT2D eigenvalue weighted by atomic mass is 10.2. The predicted octanol–water partition coefficient (Wildman–Crippen LogP) is 0.799. The molecule has 1 aromatic rings. The number of hydrogen-bond donors (Lipinski definition) is 1. The van der Waals surface area contributed by atoms with Crippen LogP contribution in [0.1, 0.15) is 6.92 Å². The summed E-state index contributed by atoms with van der Waals surface area (Å²) in [6.07, 6.45) is 0. The summed E-state index contributed by atoms with van der Waals surface area (Å²) in [6.45, 7) is 1.97. The lowest BCUT2D eigenvalue weighted by Gasteiger charge is -2.24. The molecule has 1 unspecified atom stereocenters. The SMILES string of the molecule is CC(CN(C)S(=O)(=O)c1cccc2c1OCCO2)C(=O)O. The maximum atomic E-state index is 12.6. The number of aliphatic carboxylic acids is 1. The maximum Gasteiger partial charge on any atom is 0.307 e. The number of carbonyl (C=O) groups is 1. The molecular weight excluding hydrogens is 298 g/mol. The third-order valence-electron chi connectivity index (χ3n) is 3.17. The van der Waals surface area contributed by atoms with Crippen LogP contribution in [0, 0.1) is 5.92 Å². The van der Waals surface area contributed by atoms with Gasteiger partial charge in [-0.25, -0.2) is 8.42 Å². The normalized spacial score (nSPS) is 15.8. The average molecular weight is 315 g/mol. The zero-order valence-electron chi connectivity index (χ0n) is 11.8. The third kappa shape index (κ3) is 3.11. The van der Waals surface area contributed by atoms with Crippen molar-refractivity contribution in [2.24, 2.45) is 5.92 Å². The first-order valence-electron chi connectivity index (χ1n) is 6.42. The molecule has 0 bridgehead atoms. The van der Waals surface area contributed by atoms with Gasteiger partial charge in [0, 0.05) is 13.6 Å². The van der Waals surface area contributed by atoms with Gasteiger partial charge in [-0.15, -0.1) is 0 Å². The summed E-state index contributed by atoms with van der Waals surface area (Å²) in [6, 6.07) is 4.62. The van der Waals surface area contributed by atoms with Crippen LogP contribution >= 0.6 is 0 Å². The van der Waals surface area contributed by atoms with Crippen LogP contribution in [0.3, 0.4) is 0 Å². The number of fused-ring (bicyclic) bond motifs is 1. The lowest BCUT2D eigenvalue weighted by molar-refractivity contribution is -0.141. The van der Waals surface area contributed by atoms with E-state index >= 15 is 0 Å². The number of carboxylic acids is 1. The Morgan fingerprint density at radius 2 is 2.05 bits per heavy atom. The molecule has 0 amide bonds. The molecule has 8 heteroatoms. The minimum Gasteiger partial charge on any atom is -0.486 e. The van der Waals surface area contributed by atoms with Crippen LogP contribution in [0.25, 0.3) is 0 Å². The highest BCUT2D eigenvalue weighted by Gasteiger charge is 2.30. The number of carboxylic acid groups (broad SMARTS) is 1. The van der Waals surface area contributed by atoms with E-state index in [9.17, 15) is 13.2 Å². The van der Waals surface area contributed by atoms with Crippen LogP contribution in [0.4, 0.5) is 0 Å². The summed E-state index contributed by atoms with van der Waals surface area (Å²) < 4.78 is 36.9. The quantitative estimate of drug-likeness (QED) is 0.864. The van der Waals surface area contributed by atoms with Crippen molar-refractivity contribution >= 4 is 16.0 Å². The molecule has 1 N–H and O–H groups in total. The fraction of sp³-hybridized carbons (Fsp3) is 0.462. The zero-order chi connectivity index (χ0) is 15.6. The molecule has 0 saturated heterocycles. The topological polar surface area (TPSA) is 93.1 Å². The molecule has 7 nitrogen and oxygen atoms in total. The Bertz CT molecular complexity index is 642. The summed E-state index contributed by atoms with van der Waals surface area (Å²) >= 11 is 0. The summed E-state index contributed by atoms with van der Waals surface area (Å²) in [7, 11) is -2.50. The first-order chi connectivity index (χ1) is 9.84. The highest BCUT2D eigenvalue weighted by Crippen LogP contribution is 2.37. The summed E-state index contributed by atoms with van der Waals surface area (Å²) in [4.78, 5) is 10.9. The van der Waals surface area contributed by atoms with E-state index in [1.165, 1.54) is 20.0 Å². The van der Waals surface area contributed by atoms with Crippen molar-refractivity contribution in [1.82, 2.24) is 4.31 Å². The second-order valence-corrected chi connectivity index (χ2v) is 6.82. The van der Waals surface area contributed by atoms with Gasteiger partial charge in [0.05, 0.1) is 5.92 Å². The van der Waals surface area contributed by atoms with E-state index in [0.717, 1.165) is 4.31 Å². The zero-order valence-corrected chi connectivity index (χ0v) is 12.6. The molecular formula is C13H17NO6S. The molecule has 0 fully saturated rings. The van der Waals surface area contributed by atoms with Gasteiger partial charge in [-0.2, -0.15) is 4.31 Å². The Hall–Kier alpha value is -1.80. The molecule has 1 atom stereocenters. The van der Waals surface area contributed by atoms with Crippen LogP contribution in [0.5, 0.6) is 11.5 Å². The third-order valence-corrected chi connectivity index (χ3v) is 5.02. The van der Waals surface area contributed by atoms with Crippen molar-refractivity contribution in [1.29, 1.82) is 0 Å². The maximum absolute atomic E-state index is 12.6. The van der Waals surface area contributed by atoms with Gasteiger partial charge in [-0.3, -0.25) is 4.79 Å². The second kappa shape index (κ2) is 5.90. The van der Waals surface area contributed by atoms with Gasteiger partial charge >= 0.3 is 5.97 Å². The van der Waals surface area contributed by atoms with Gasteiger partial charge in [-0.05, 0) is 12.1 Å². The second-order valence-electron chi connectivity index (χ2n) is 4.81. The smallest absolute Gasteiger partial charge is 0.307 e. The van der Waals surface area contributed by atoms with Crippen molar-refractivity contribution in [3.63, 3.8) is 0 Å². The number of ether oxygens (including phenoxy) is 2. The van der Waals surface area contributed by atoms with Gasteiger partial charge in [0.2, 0.25) is 10.0 Å². The van der Waals surface area contributed by atoms with Crippen molar-refractivity contribution < 1.29 is 27.8 Å². The first kappa shape index (κ1) is 15.6. The Balaban J connectivity index is 2.34. The molecule has 0 aliphatic carbocycles. The van der Waals surface area contributed by atoms with Crippen LogP contribution in [-0.2, 0) is 14.8 Å². The molecule has 1 aromatic carbocycles. The average Bonchev–Trinajstić information content (AvgIpc) is 2.46. The van der Waals surface area contributed by atoms with Crippen molar-refractivity contribution in [2.45, 2.75) is 11.8 Å². The Labute approximate surface area is 123 Å². The highest BCUT2D eigenvalue weighted by molar-refractivity contribution is 7.89. The molecule has 116 valence electrons. The molecule has 0 aromatic heterocycles. The van der Waals surface area contributed by atoms with Crippen molar-refractivity contribution in [3.8, 4) is 11.5 Å². The molecule has 0 spiro atoms. The number of benzene rings is 1. The summed E-state index contributed by atoms with van der Waals surface area (Å²) in [5, 5.41) is 8.89. The minimum atomic E-state index is -3.84. The van der Waals surface area contributed by atoms with Gasteiger partial charge < -0.3 is 14.6 Å². The Morgan fingerprint density at radius 1 is 1.38 bits per heavy atom. The fourth-order valence-electron chi connectivity index (χ4n) is 1.98. The van der Waals surface area contributed by atoms with E-state index in [0.29, 0.717) is 12.4 Å².